The molecule has 0 bridgehead atoms. The normalized spacial score (nSPS) is 10.8. The first-order chi connectivity index (χ1) is 14.5. The van der Waals surface area contributed by atoms with Gasteiger partial charge in [-0.3, -0.25) is 4.79 Å². The van der Waals surface area contributed by atoms with Crippen molar-refractivity contribution >= 4 is 12.1 Å². The molecule has 156 valence electrons. The van der Waals surface area contributed by atoms with E-state index in [0.717, 1.165) is 17.1 Å². The molecule has 0 aliphatic rings. The lowest BCUT2D eigenvalue weighted by molar-refractivity contribution is 0.0954. The number of benzene rings is 2. The number of carbonyl (C=O) groups excluding carboxylic acids is 1. The molecule has 1 amide bonds. The number of rotatable bonds is 7. The molecule has 3 rings (SSSR count). The van der Waals surface area contributed by atoms with Gasteiger partial charge in [-0.05, 0) is 44.2 Å². The lowest BCUT2D eigenvalue weighted by atomic mass is 10.2. The summed E-state index contributed by atoms with van der Waals surface area (Å²) in [7, 11) is 4.62. The molecule has 0 unspecified atom stereocenters. The molecule has 7 heteroatoms. The van der Waals surface area contributed by atoms with E-state index in [-0.39, 0.29) is 5.91 Å². The van der Waals surface area contributed by atoms with Crippen LogP contribution in [0.1, 0.15) is 27.3 Å². The second kappa shape index (κ2) is 9.17. The van der Waals surface area contributed by atoms with E-state index in [0.29, 0.717) is 28.4 Å². The van der Waals surface area contributed by atoms with Crippen LogP contribution in [0.2, 0.25) is 0 Å². The van der Waals surface area contributed by atoms with Gasteiger partial charge in [-0.1, -0.05) is 18.2 Å². The van der Waals surface area contributed by atoms with Crippen LogP contribution in [0.5, 0.6) is 17.2 Å². The Balaban J connectivity index is 1.83. The van der Waals surface area contributed by atoms with Crippen LogP contribution in [-0.2, 0) is 0 Å². The standard InChI is InChI=1S/C23H25N3O4/c1-15-13-19(16(2)26(15)18-9-7-6-8-10-18)23(27)25-24-14-17-11-12-20(28-3)22(30-5)21(17)29-4/h6-14H,1-5H3,(H,25,27)/b24-14+. The van der Waals surface area contributed by atoms with Crippen LogP contribution >= 0.6 is 0 Å². The average molecular weight is 407 g/mol. The van der Waals surface area contributed by atoms with Crippen molar-refractivity contribution in [2.24, 2.45) is 5.10 Å². The molecule has 0 saturated heterocycles. The lowest BCUT2D eigenvalue weighted by Crippen LogP contribution is -2.18. The molecule has 30 heavy (non-hydrogen) atoms. The number of nitrogens with one attached hydrogen (secondary N) is 1. The lowest BCUT2D eigenvalue weighted by Gasteiger charge is -2.13. The van der Waals surface area contributed by atoms with Crippen molar-refractivity contribution in [1.82, 2.24) is 9.99 Å². The summed E-state index contributed by atoms with van der Waals surface area (Å²) in [6, 6.07) is 15.3. The Kier molecular flexibility index (Phi) is 6.41. The maximum Gasteiger partial charge on any atom is 0.273 e. The summed E-state index contributed by atoms with van der Waals surface area (Å²) in [4.78, 5) is 12.7. The zero-order chi connectivity index (χ0) is 21.7. The minimum absolute atomic E-state index is 0.291. The number of hydrogen-bond acceptors (Lipinski definition) is 5. The number of hydrogen-bond donors (Lipinski definition) is 1. The van der Waals surface area contributed by atoms with Gasteiger partial charge in [0.15, 0.2) is 11.5 Å². The molecule has 0 atom stereocenters. The summed E-state index contributed by atoms with van der Waals surface area (Å²) in [5.41, 5.74) is 6.61. The Labute approximate surface area is 175 Å². The number of nitrogens with zero attached hydrogens (tertiary/aromatic N) is 2. The second-order valence-electron chi connectivity index (χ2n) is 6.58. The number of ether oxygens (including phenoxy) is 3. The molecular weight excluding hydrogens is 382 g/mol. The monoisotopic (exact) mass is 407 g/mol. The minimum atomic E-state index is -0.291. The molecule has 0 radical (unpaired) electrons. The number of para-hydroxylation sites is 1. The van der Waals surface area contributed by atoms with Gasteiger partial charge in [0.1, 0.15) is 0 Å². The van der Waals surface area contributed by atoms with Crippen LogP contribution in [0.15, 0.2) is 53.6 Å². The smallest absolute Gasteiger partial charge is 0.273 e. The summed E-state index contributed by atoms with van der Waals surface area (Å²) >= 11 is 0. The summed E-state index contributed by atoms with van der Waals surface area (Å²) in [6.07, 6.45) is 1.51. The SMILES string of the molecule is COc1ccc(/C=N/NC(=O)c2cc(C)n(-c3ccccc3)c2C)c(OC)c1OC. The van der Waals surface area contributed by atoms with Gasteiger partial charge in [0.25, 0.3) is 5.91 Å². The third kappa shape index (κ3) is 4.00. The van der Waals surface area contributed by atoms with E-state index in [1.165, 1.54) is 20.4 Å². The summed E-state index contributed by atoms with van der Waals surface area (Å²) in [6.45, 7) is 3.88. The third-order valence-electron chi connectivity index (χ3n) is 4.79. The van der Waals surface area contributed by atoms with Crippen molar-refractivity contribution in [3.8, 4) is 22.9 Å². The van der Waals surface area contributed by atoms with Gasteiger partial charge in [-0.15, -0.1) is 0 Å². The van der Waals surface area contributed by atoms with E-state index >= 15 is 0 Å². The maximum absolute atomic E-state index is 12.7. The molecule has 1 heterocycles. The maximum atomic E-state index is 12.7. The molecule has 0 spiro atoms. The van der Waals surface area contributed by atoms with Crippen molar-refractivity contribution in [3.05, 3.63) is 71.0 Å². The first kappa shape index (κ1) is 21.0. The fraction of sp³-hybridized carbons (Fsp3) is 0.217. The van der Waals surface area contributed by atoms with Crippen molar-refractivity contribution in [2.75, 3.05) is 21.3 Å². The molecule has 0 saturated carbocycles. The molecule has 2 aromatic carbocycles. The molecule has 0 aliphatic carbocycles. The van der Waals surface area contributed by atoms with Crippen LogP contribution in [0.3, 0.4) is 0 Å². The van der Waals surface area contributed by atoms with E-state index in [4.69, 9.17) is 14.2 Å². The van der Waals surface area contributed by atoms with Gasteiger partial charge in [-0.25, -0.2) is 5.43 Å². The fourth-order valence-electron chi connectivity index (χ4n) is 3.41. The van der Waals surface area contributed by atoms with Crippen molar-refractivity contribution in [2.45, 2.75) is 13.8 Å². The van der Waals surface area contributed by atoms with E-state index in [2.05, 4.69) is 10.5 Å². The van der Waals surface area contributed by atoms with E-state index in [9.17, 15) is 4.79 Å². The van der Waals surface area contributed by atoms with Crippen LogP contribution in [0, 0.1) is 13.8 Å². The zero-order valence-electron chi connectivity index (χ0n) is 17.7. The zero-order valence-corrected chi connectivity index (χ0v) is 17.7. The summed E-state index contributed by atoms with van der Waals surface area (Å²) in [5.74, 6) is 1.18. The van der Waals surface area contributed by atoms with Crippen molar-refractivity contribution < 1.29 is 19.0 Å². The molecule has 0 aliphatic heterocycles. The van der Waals surface area contributed by atoms with Crippen LogP contribution in [-0.4, -0.2) is 38.0 Å². The highest BCUT2D eigenvalue weighted by atomic mass is 16.5. The molecule has 1 N–H and O–H groups in total. The summed E-state index contributed by atoms with van der Waals surface area (Å²) in [5, 5.41) is 4.10. The summed E-state index contributed by atoms with van der Waals surface area (Å²) < 4.78 is 18.1. The Morgan fingerprint density at radius 1 is 0.967 bits per heavy atom. The van der Waals surface area contributed by atoms with Gasteiger partial charge < -0.3 is 18.8 Å². The molecule has 7 nitrogen and oxygen atoms in total. The van der Waals surface area contributed by atoms with Crippen LogP contribution in [0.4, 0.5) is 0 Å². The van der Waals surface area contributed by atoms with E-state index in [1.807, 2.05) is 54.8 Å². The third-order valence-corrected chi connectivity index (χ3v) is 4.79. The Hall–Kier alpha value is -3.74. The highest BCUT2D eigenvalue weighted by molar-refractivity contribution is 5.96. The van der Waals surface area contributed by atoms with Crippen LogP contribution in [0.25, 0.3) is 5.69 Å². The molecular formula is C23H25N3O4. The topological polar surface area (TPSA) is 74.1 Å². The Morgan fingerprint density at radius 3 is 2.30 bits per heavy atom. The quantitative estimate of drug-likeness (QED) is 0.476. The van der Waals surface area contributed by atoms with Crippen molar-refractivity contribution in [1.29, 1.82) is 0 Å². The van der Waals surface area contributed by atoms with Crippen molar-refractivity contribution in [3.63, 3.8) is 0 Å². The Bertz CT molecular complexity index is 1070. The van der Waals surface area contributed by atoms with Gasteiger partial charge in [0, 0.05) is 22.6 Å². The van der Waals surface area contributed by atoms with E-state index < -0.39 is 0 Å². The highest BCUT2D eigenvalue weighted by Gasteiger charge is 2.17. The predicted octanol–water partition coefficient (Wildman–Crippen LogP) is 3.88. The molecule has 1 aromatic heterocycles. The predicted molar refractivity (Wildman–Crippen MR) is 116 cm³/mol. The second-order valence-corrected chi connectivity index (χ2v) is 6.58. The number of aryl methyl sites for hydroxylation is 1. The first-order valence-electron chi connectivity index (χ1n) is 9.38. The number of methoxy groups -OCH3 is 3. The Morgan fingerprint density at radius 2 is 1.67 bits per heavy atom. The fourth-order valence-corrected chi connectivity index (χ4v) is 3.41. The van der Waals surface area contributed by atoms with Gasteiger partial charge >= 0.3 is 0 Å². The number of aromatic nitrogens is 1. The molecule has 3 aromatic rings. The van der Waals surface area contributed by atoms with Gasteiger partial charge in [0.05, 0.1) is 33.1 Å². The number of carbonyl (C=O) groups is 1. The number of amides is 1. The number of hydrazone groups is 1. The average Bonchev–Trinajstić information content (AvgIpc) is 3.07. The minimum Gasteiger partial charge on any atom is -0.493 e. The molecule has 0 fully saturated rings. The van der Waals surface area contributed by atoms with Gasteiger partial charge in [0.2, 0.25) is 5.75 Å². The van der Waals surface area contributed by atoms with Crippen LogP contribution < -0.4 is 19.6 Å². The first-order valence-corrected chi connectivity index (χ1v) is 9.38. The largest absolute Gasteiger partial charge is 0.493 e. The van der Waals surface area contributed by atoms with Gasteiger partial charge in [-0.2, -0.15) is 5.10 Å². The van der Waals surface area contributed by atoms with E-state index in [1.54, 1.807) is 19.2 Å². The highest BCUT2D eigenvalue weighted by Crippen LogP contribution is 2.38.